The maximum Gasteiger partial charge on any atom is 0.0647 e. The van der Waals surface area contributed by atoms with Gasteiger partial charge in [-0.15, -0.1) is 0 Å². The van der Waals surface area contributed by atoms with Gasteiger partial charge in [-0.1, -0.05) is 13.0 Å². The lowest BCUT2D eigenvalue weighted by Gasteiger charge is -2.19. The summed E-state index contributed by atoms with van der Waals surface area (Å²) in [6, 6.07) is 4.36. The average Bonchev–Trinajstić information content (AvgIpc) is 2.62. The molecule has 0 saturated heterocycles. The van der Waals surface area contributed by atoms with Gasteiger partial charge in [-0.05, 0) is 38.9 Å². The first-order valence-corrected chi connectivity index (χ1v) is 6.70. The maximum absolute atomic E-state index is 4.51. The summed E-state index contributed by atoms with van der Waals surface area (Å²) < 4.78 is 1.94. The standard InChI is InChI=1S/C15H22N4/c1-6-16-15(13-8-7-10(2)17-9-13)14-11(3)18-19(5)12(14)4/h7-9,15-16H,6H2,1-5H3. The largest absolute Gasteiger partial charge is 0.306 e. The van der Waals surface area contributed by atoms with Gasteiger partial charge in [0, 0.05) is 30.2 Å². The van der Waals surface area contributed by atoms with Gasteiger partial charge < -0.3 is 5.32 Å². The molecule has 4 nitrogen and oxygen atoms in total. The highest BCUT2D eigenvalue weighted by Crippen LogP contribution is 2.27. The van der Waals surface area contributed by atoms with Crippen molar-refractivity contribution in [2.45, 2.75) is 33.7 Å². The Kier molecular flexibility index (Phi) is 4.00. The van der Waals surface area contributed by atoms with Crippen molar-refractivity contribution in [1.29, 1.82) is 0 Å². The van der Waals surface area contributed by atoms with Crippen LogP contribution in [0, 0.1) is 20.8 Å². The minimum atomic E-state index is 0.159. The van der Waals surface area contributed by atoms with Gasteiger partial charge in [-0.25, -0.2) is 0 Å². The summed E-state index contributed by atoms with van der Waals surface area (Å²) in [6.07, 6.45) is 1.95. The molecule has 0 bridgehead atoms. The van der Waals surface area contributed by atoms with Crippen LogP contribution < -0.4 is 5.32 Å². The monoisotopic (exact) mass is 258 g/mol. The molecule has 1 atom stereocenters. The molecule has 0 aliphatic rings. The molecule has 102 valence electrons. The first kappa shape index (κ1) is 13.7. The molecule has 2 heterocycles. The third-order valence-electron chi connectivity index (χ3n) is 3.53. The van der Waals surface area contributed by atoms with Crippen molar-refractivity contribution >= 4 is 0 Å². The van der Waals surface area contributed by atoms with Crippen LogP contribution in [-0.4, -0.2) is 21.3 Å². The highest BCUT2D eigenvalue weighted by molar-refractivity contribution is 5.36. The first-order chi connectivity index (χ1) is 9.04. The van der Waals surface area contributed by atoms with Gasteiger partial charge in [-0.3, -0.25) is 9.67 Å². The summed E-state index contributed by atoms with van der Waals surface area (Å²) in [5.74, 6) is 0. The van der Waals surface area contributed by atoms with E-state index in [1.165, 1.54) is 16.8 Å². The van der Waals surface area contributed by atoms with E-state index < -0.39 is 0 Å². The van der Waals surface area contributed by atoms with E-state index in [4.69, 9.17) is 0 Å². The fourth-order valence-electron chi connectivity index (χ4n) is 2.45. The Morgan fingerprint density at radius 2 is 2.00 bits per heavy atom. The molecule has 2 aromatic rings. The number of nitrogens with zero attached hydrogens (tertiary/aromatic N) is 3. The summed E-state index contributed by atoms with van der Waals surface area (Å²) in [4.78, 5) is 4.41. The van der Waals surface area contributed by atoms with Crippen LogP contribution in [0.1, 0.15) is 41.2 Å². The first-order valence-electron chi connectivity index (χ1n) is 6.70. The fourth-order valence-corrected chi connectivity index (χ4v) is 2.45. The van der Waals surface area contributed by atoms with Crippen molar-refractivity contribution in [3.05, 3.63) is 46.5 Å². The van der Waals surface area contributed by atoms with E-state index in [9.17, 15) is 0 Å². The Balaban J connectivity index is 2.48. The molecule has 0 aliphatic carbocycles. The van der Waals surface area contributed by atoms with Crippen molar-refractivity contribution in [3.8, 4) is 0 Å². The van der Waals surface area contributed by atoms with E-state index in [2.05, 4.69) is 48.3 Å². The van der Waals surface area contributed by atoms with Crippen molar-refractivity contribution in [3.63, 3.8) is 0 Å². The lowest BCUT2D eigenvalue weighted by Crippen LogP contribution is -2.23. The molecular weight excluding hydrogens is 236 g/mol. The molecule has 1 unspecified atom stereocenters. The second-order valence-corrected chi connectivity index (χ2v) is 4.93. The van der Waals surface area contributed by atoms with E-state index in [-0.39, 0.29) is 6.04 Å². The van der Waals surface area contributed by atoms with Crippen LogP contribution in [0.25, 0.3) is 0 Å². The predicted octanol–water partition coefficient (Wildman–Crippen LogP) is 2.44. The van der Waals surface area contributed by atoms with Gasteiger partial charge >= 0.3 is 0 Å². The van der Waals surface area contributed by atoms with Crippen LogP contribution in [0.3, 0.4) is 0 Å². The highest BCUT2D eigenvalue weighted by atomic mass is 15.3. The summed E-state index contributed by atoms with van der Waals surface area (Å²) in [5.41, 5.74) is 5.76. The van der Waals surface area contributed by atoms with Crippen LogP contribution >= 0.6 is 0 Å². The lowest BCUT2D eigenvalue weighted by molar-refractivity contribution is 0.620. The normalized spacial score (nSPS) is 12.7. The summed E-state index contributed by atoms with van der Waals surface area (Å²) in [5, 5.41) is 8.05. The number of hydrogen-bond acceptors (Lipinski definition) is 3. The molecule has 0 aromatic carbocycles. The van der Waals surface area contributed by atoms with Crippen molar-refractivity contribution in [2.75, 3.05) is 6.54 Å². The van der Waals surface area contributed by atoms with Crippen molar-refractivity contribution in [2.24, 2.45) is 7.05 Å². The van der Waals surface area contributed by atoms with E-state index in [1.54, 1.807) is 0 Å². The third kappa shape index (κ3) is 2.68. The zero-order valence-corrected chi connectivity index (χ0v) is 12.4. The molecule has 0 radical (unpaired) electrons. The quantitative estimate of drug-likeness (QED) is 0.916. The number of rotatable bonds is 4. The van der Waals surface area contributed by atoms with Gasteiger partial charge in [0.1, 0.15) is 0 Å². The van der Waals surface area contributed by atoms with Gasteiger partial charge in [-0.2, -0.15) is 5.10 Å². The van der Waals surface area contributed by atoms with Crippen LogP contribution in [0.2, 0.25) is 0 Å². The number of pyridine rings is 1. The van der Waals surface area contributed by atoms with E-state index in [0.717, 1.165) is 17.9 Å². The van der Waals surface area contributed by atoms with Crippen LogP contribution in [0.4, 0.5) is 0 Å². The summed E-state index contributed by atoms with van der Waals surface area (Å²) in [7, 11) is 1.99. The van der Waals surface area contributed by atoms with E-state index in [1.807, 2.05) is 24.9 Å². The number of aryl methyl sites for hydroxylation is 3. The minimum absolute atomic E-state index is 0.159. The van der Waals surface area contributed by atoms with Crippen molar-refractivity contribution < 1.29 is 0 Å². The van der Waals surface area contributed by atoms with Gasteiger partial charge in [0.2, 0.25) is 0 Å². The van der Waals surface area contributed by atoms with Gasteiger partial charge in [0.25, 0.3) is 0 Å². The second kappa shape index (κ2) is 5.53. The summed E-state index contributed by atoms with van der Waals surface area (Å²) in [6.45, 7) is 9.21. The molecule has 2 aromatic heterocycles. The lowest BCUT2D eigenvalue weighted by atomic mass is 9.98. The molecule has 1 N–H and O–H groups in total. The molecule has 4 heteroatoms. The molecule has 0 aliphatic heterocycles. The molecule has 0 spiro atoms. The Morgan fingerprint density at radius 3 is 2.47 bits per heavy atom. The van der Waals surface area contributed by atoms with Crippen LogP contribution in [0.5, 0.6) is 0 Å². The topological polar surface area (TPSA) is 42.7 Å². The number of aromatic nitrogens is 3. The fraction of sp³-hybridized carbons (Fsp3) is 0.467. The number of hydrogen-bond donors (Lipinski definition) is 1. The number of nitrogens with one attached hydrogen (secondary N) is 1. The van der Waals surface area contributed by atoms with Gasteiger partial charge in [0.05, 0.1) is 11.7 Å². The molecule has 2 rings (SSSR count). The van der Waals surface area contributed by atoms with Crippen molar-refractivity contribution in [1.82, 2.24) is 20.1 Å². The van der Waals surface area contributed by atoms with Crippen LogP contribution in [-0.2, 0) is 7.05 Å². The predicted molar refractivity (Wildman–Crippen MR) is 77.2 cm³/mol. The Hall–Kier alpha value is -1.68. The molecule has 19 heavy (non-hydrogen) atoms. The molecular formula is C15H22N4. The Bertz CT molecular complexity index is 554. The molecule has 0 saturated carbocycles. The zero-order chi connectivity index (χ0) is 14.0. The Morgan fingerprint density at radius 1 is 1.26 bits per heavy atom. The zero-order valence-electron chi connectivity index (χ0n) is 12.4. The smallest absolute Gasteiger partial charge is 0.0647 e. The van der Waals surface area contributed by atoms with E-state index in [0.29, 0.717) is 0 Å². The minimum Gasteiger partial charge on any atom is -0.306 e. The maximum atomic E-state index is 4.51. The highest BCUT2D eigenvalue weighted by Gasteiger charge is 2.21. The van der Waals surface area contributed by atoms with E-state index >= 15 is 0 Å². The molecule has 0 fully saturated rings. The average molecular weight is 258 g/mol. The summed E-state index contributed by atoms with van der Waals surface area (Å²) >= 11 is 0. The van der Waals surface area contributed by atoms with Crippen LogP contribution in [0.15, 0.2) is 18.3 Å². The second-order valence-electron chi connectivity index (χ2n) is 4.93. The SMILES string of the molecule is CCNC(c1ccc(C)nc1)c1c(C)nn(C)c1C. The third-order valence-corrected chi connectivity index (χ3v) is 3.53. The Labute approximate surface area is 114 Å². The van der Waals surface area contributed by atoms with Gasteiger partial charge in [0.15, 0.2) is 0 Å². The molecule has 0 amide bonds.